The molecule has 0 amide bonds. The number of aromatic nitrogens is 1. The molecule has 1 N–H and O–H groups in total. The Balaban J connectivity index is 1.92. The van der Waals surface area contributed by atoms with Crippen molar-refractivity contribution in [2.24, 2.45) is 0 Å². The Bertz CT molecular complexity index is 764. The second kappa shape index (κ2) is 5.54. The Labute approximate surface area is 131 Å². The minimum Gasteiger partial charge on any atom is -0.380 e. The highest BCUT2D eigenvalue weighted by atomic mass is 79.9. The molecule has 0 aliphatic rings. The van der Waals surface area contributed by atoms with Crippen molar-refractivity contribution in [2.45, 2.75) is 20.4 Å². The zero-order valence-electron chi connectivity index (χ0n) is 11.4. The van der Waals surface area contributed by atoms with Crippen LogP contribution >= 0.6 is 27.3 Å². The third-order valence-corrected chi connectivity index (χ3v) is 5.07. The molecule has 0 spiro atoms. The number of thiazole rings is 1. The van der Waals surface area contributed by atoms with Crippen molar-refractivity contribution in [3.8, 4) is 0 Å². The zero-order valence-corrected chi connectivity index (χ0v) is 13.8. The Morgan fingerprint density at radius 3 is 2.55 bits per heavy atom. The van der Waals surface area contributed by atoms with E-state index in [4.69, 9.17) is 0 Å². The second-order valence-electron chi connectivity index (χ2n) is 4.74. The first-order valence-corrected chi connectivity index (χ1v) is 8.10. The topological polar surface area (TPSA) is 24.9 Å². The number of benzene rings is 2. The van der Waals surface area contributed by atoms with E-state index in [1.807, 2.05) is 0 Å². The first kappa shape index (κ1) is 13.6. The van der Waals surface area contributed by atoms with Crippen LogP contribution in [0.25, 0.3) is 10.8 Å². The number of fused-ring (bicyclic) bond motifs is 1. The van der Waals surface area contributed by atoms with Gasteiger partial charge in [-0.25, -0.2) is 4.98 Å². The van der Waals surface area contributed by atoms with E-state index in [0.29, 0.717) is 0 Å². The highest BCUT2D eigenvalue weighted by Gasteiger charge is 2.07. The number of aryl methyl sites for hydroxylation is 2. The quantitative estimate of drug-likeness (QED) is 0.697. The molecule has 0 aliphatic heterocycles. The summed E-state index contributed by atoms with van der Waals surface area (Å²) in [4.78, 5) is 5.77. The summed E-state index contributed by atoms with van der Waals surface area (Å²) in [5.41, 5.74) is 2.29. The molecule has 0 fully saturated rings. The fraction of sp³-hybridized carbons (Fsp3) is 0.188. The minimum atomic E-state index is 0.822. The van der Waals surface area contributed by atoms with Gasteiger partial charge in [-0.1, -0.05) is 40.2 Å². The van der Waals surface area contributed by atoms with Gasteiger partial charge in [0.05, 0.1) is 17.2 Å². The first-order valence-electron chi connectivity index (χ1n) is 6.49. The maximum atomic E-state index is 4.47. The predicted molar refractivity (Wildman–Crippen MR) is 90.6 cm³/mol. The lowest BCUT2D eigenvalue weighted by Gasteiger charge is -2.10. The summed E-state index contributed by atoms with van der Waals surface area (Å²) < 4.78 is 1.13. The summed E-state index contributed by atoms with van der Waals surface area (Å²) in [6, 6.07) is 12.6. The van der Waals surface area contributed by atoms with Crippen LogP contribution in [-0.4, -0.2) is 4.98 Å². The maximum Gasteiger partial charge on any atom is 0.0900 e. The highest BCUT2D eigenvalue weighted by Crippen LogP contribution is 2.30. The fourth-order valence-corrected chi connectivity index (χ4v) is 3.68. The number of hydrogen-bond donors (Lipinski definition) is 1. The molecular formula is C16H15BrN2S. The van der Waals surface area contributed by atoms with Crippen LogP contribution in [0.1, 0.15) is 15.6 Å². The predicted octanol–water partition coefficient (Wildman–Crippen LogP) is 5.29. The monoisotopic (exact) mass is 346 g/mol. The normalized spacial score (nSPS) is 10.9. The fourth-order valence-electron chi connectivity index (χ4n) is 2.33. The molecule has 20 heavy (non-hydrogen) atoms. The van der Waals surface area contributed by atoms with Crippen LogP contribution in [0.2, 0.25) is 0 Å². The lowest BCUT2D eigenvalue weighted by molar-refractivity contribution is 1.11. The number of nitrogens with zero attached hydrogens (tertiary/aromatic N) is 1. The molecule has 0 saturated carbocycles. The van der Waals surface area contributed by atoms with Crippen LogP contribution in [0.4, 0.5) is 5.69 Å². The molecular weight excluding hydrogens is 332 g/mol. The molecule has 2 nitrogen and oxygen atoms in total. The van der Waals surface area contributed by atoms with Gasteiger partial charge in [0.2, 0.25) is 0 Å². The van der Waals surface area contributed by atoms with Gasteiger partial charge in [0, 0.05) is 20.4 Å². The molecule has 0 saturated heterocycles. The molecule has 0 radical (unpaired) electrons. The molecule has 1 aromatic heterocycles. The van der Waals surface area contributed by atoms with E-state index >= 15 is 0 Å². The van der Waals surface area contributed by atoms with Gasteiger partial charge in [-0.15, -0.1) is 11.3 Å². The summed E-state index contributed by atoms with van der Waals surface area (Å²) in [6.45, 7) is 4.94. The average Bonchev–Trinajstić information content (AvgIpc) is 2.77. The molecule has 4 heteroatoms. The third kappa shape index (κ3) is 2.58. The van der Waals surface area contributed by atoms with Crippen molar-refractivity contribution in [3.63, 3.8) is 0 Å². The summed E-state index contributed by atoms with van der Waals surface area (Å²) in [5.74, 6) is 0. The van der Waals surface area contributed by atoms with E-state index in [-0.39, 0.29) is 0 Å². The number of hydrogen-bond acceptors (Lipinski definition) is 3. The Morgan fingerprint density at radius 2 is 1.85 bits per heavy atom. The lowest BCUT2D eigenvalue weighted by atomic mass is 10.1. The Morgan fingerprint density at radius 1 is 1.10 bits per heavy atom. The van der Waals surface area contributed by atoms with E-state index in [9.17, 15) is 0 Å². The van der Waals surface area contributed by atoms with Gasteiger partial charge >= 0.3 is 0 Å². The van der Waals surface area contributed by atoms with E-state index in [1.54, 1.807) is 11.3 Å². The van der Waals surface area contributed by atoms with Crippen molar-refractivity contribution >= 4 is 43.7 Å². The van der Waals surface area contributed by atoms with Crippen LogP contribution in [-0.2, 0) is 6.54 Å². The van der Waals surface area contributed by atoms with E-state index in [1.165, 1.54) is 15.6 Å². The van der Waals surface area contributed by atoms with Crippen molar-refractivity contribution in [2.75, 3.05) is 5.32 Å². The second-order valence-corrected chi connectivity index (χ2v) is 6.88. The smallest absolute Gasteiger partial charge is 0.0900 e. The molecule has 3 rings (SSSR count). The van der Waals surface area contributed by atoms with Crippen LogP contribution in [0.5, 0.6) is 0 Å². The maximum absolute atomic E-state index is 4.47. The van der Waals surface area contributed by atoms with Crippen LogP contribution < -0.4 is 5.32 Å². The molecule has 3 aromatic rings. The Hall–Kier alpha value is -1.39. The van der Waals surface area contributed by atoms with Crippen LogP contribution in [0.3, 0.4) is 0 Å². The highest BCUT2D eigenvalue weighted by molar-refractivity contribution is 9.10. The van der Waals surface area contributed by atoms with Gasteiger partial charge in [0.15, 0.2) is 0 Å². The standard InChI is InChI=1S/C16H15BrN2S/c1-10-16(20-11(2)19-10)9-18-15-8-7-14(17)12-5-3-4-6-13(12)15/h3-8,18H,9H2,1-2H3. The van der Waals surface area contributed by atoms with Gasteiger partial charge in [-0.3, -0.25) is 0 Å². The average molecular weight is 347 g/mol. The summed E-state index contributed by atoms with van der Waals surface area (Å²) in [7, 11) is 0. The molecule has 0 aliphatic carbocycles. The van der Waals surface area contributed by atoms with Crippen LogP contribution in [0.15, 0.2) is 40.9 Å². The van der Waals surface area contributed by atoms with Crippen molar-refractivity contribution < 1.29 is 0 Å². The zero-order chi connectivity index (χ0) is 14.1. The van der Waals surface area contributed by atoms with E-state index in [2.05, 4.69) is 76.5 Å². The van der Waals surface area contributed by atoms with Crippen molar-refractivity contribution in [3.05, 3.63) is 56.4 Å². The van der Waals surface area contributed by atoms with Gasteiger partial charge in [-0.2, -0.15) is 0 Å². The Kier molecular flexibility index (Phi) is 3.76. The molecule has 2 aromatic carbocycles. The SMILES string of the molecule is Cc1nc(C)c(CNc2ccc(Br)c3ccccc23)s1. The van der Waals surface area contributed by atoms with Crippen molar-refractivity contribution in [1.29, 1.82) is 0 Å². The molecule has 0 unspecified atom stereocenters. The number of anilines is 1. The van der Waals surface area contributed by atoms with Gasteiger partial charge < -0.3 is 5.32 Å². The van der Waals surface area contributed by atoms with Gasteiger partial charge in [-0.05, 0) is 31.4 Å². The molecule has 102 valence electrons. The molecule has 0 bridgehead atoms. The van der Waals surface area contributed by atoms with Crippen LogP contribution in [0, 0.1) is 13.8 Å². The van der Waals surface area contributed by atoms with Gasteiger partial charge in [0.1, 0.15) is 0 Å². The van der Waals surface area contributed by atoms with Crippen molar-refractivity contribution in [1.82, 2.24) is 4.98 Å². The summed E-state index contributed by atoms with van der Waals surface area (Å²) >= 11 is 5.37. The molecule has 1 heterocycles. The van der Waals surface area contributed by atoms with Gasteiger partial charge in [0.25, 0.3) is 0 Å². The lowest BCUT2D eigenvalue weighted by Crippen LogP contribution is -1.99. The number of halogens is 1. The summed E-state index contributed by atoms with van der Waals surface area (Å²) in [6.07, 6.45) is 0. The minimum absolute atomic E-state index is 0.822. The number of rotatable bonds is 3. The molecule has 0 atom stereocenters. The van der Waals surface area contributed by atoms with E-state index < -0.39 is 0 Å². The van der Waals surface area contributed by atoms with E-state index in [0.717, 1.165) is 27.4 Å². The number of nitrogens with one attached hydrogen (secondary N) is 1. The first-order chi connectivity index (χ1) is 9.65. The third-order valence-electron chi connectivity index (χ3n) is 3.31. The largest absolute Gasteiger partial charge is 0.380 e. The summed E-state index contributed by atoms with van der Waals surface area (Å²) in [5, 5.41) is 7.13.